The van der Waals surface area contributed by atoms with Crippen molar-refractivity contribution in [1.29, 1.82) is 0 Å². The fourth-order valence-corrected chi connectivity index (χ4v) is 2.95. The lowest BCUT2D eigenvalue weighted by atomic mass is 10.1. The first-order chi connectivity index (χ1) is 9.63. The maximum atomic E-state index is 11.9. The van der Waals surface area contributed by atoms with Gasteiger partial charge in [0.15, 0.2) is 0 Å². The second kappa shape index (κ2) is 5.61. The Balaban J connectivity index is 1.94. The van der Waals surface area contributed by atoms with Gasteiger partial charge in [0, 0.05) is 34.0 Å². The number of halogens is 2. The molecule has 2 heterocycles. The SMILES string of the molecule is O=C1CC(Br)CN1c1nccc(-c2ccc(Br)cc2)n1. The van der Waals surface area contributed by atoms with Crippen LogP contribution in [-0.4, -0.2) is 27.2 Å². The lowest BCUT2D eigenvalue weighted by Crippen LogP contribution is -2.26. The van der Waals surface area contributed by atoms with E-state index in [1.165, 1.54) is 0 Å². The molecule has 20 heavy (non-hydrogen) atoms. The minimum Gasteiger partial charge on any atom is -0.280 e. The molecule has 3 rings (SSSR count). The Hall–Kier alpha value is -1.27. The third-order valence-electron chi connectivity index (χ3n) is 3.10. The summed E-state index contributed by atoms with van der Waals surface area (Å²) in [5.74, 6) is 0.525. The molecular weight excluding hydrogens is 386 g/mol. The maximum Gasteiger partial charge on any atom is 0.232 e. The van der Waals surface area contributed by atoms with E-state index in [1.54, 1.807) is 11.1 Å². The van der Waals surface area contributed by atoms with Gasteiger partial charge in [0.05, 0.1) is 5.69 Å². The van der Waals surface area contributed by atoms with Crippen molar-refractivity contribution in [1.82, 2.24) is 9.97 Å². The molecule has 2 aromatic rings. The Morgan fingerprint density at radius 2 is 1.95 bits per heavy atom. The predicted molar refractivity (Wildman–Crippen MR) is 84.9 cm³/mol. The van der Waals surface area contributed by atoms with Gasteiger partial charge in [-0.25, -0.2) is 9.97 Å². The van der Waals surface area contributed by atoms with Crippen molar-refractivity contribution in [3.8, 4) is 11.3 Å². The van der Waals surface area contributed by atoms with Crippen molar-refractivity contribution in [3.05, 3.63) is 41.0 Å². The van der Waals surface area contributed by atoms with Gasteiger partial charge in [0.1, 0.15) is 0 Å². The van der Waals surface area contributed by atoms with Crippen LogP contribution in [0, 0.1) is 0 Å². The topological polar surface area (TPSA) is 46.1 Å². The highest BCUT2D eigenvalue weighted by molar-refractivity contribution is 9.10. The van der Waals surface area contributed by atoms with Gasteiger partial charge in [-0.05, 0) is 18.2 Å². The molecule has 0 bridgehead atoms. The first-order valence-corrected chi connectivity index (χ1v) is 7.88. The van der Waals surface area contributed by atoms with E-state index in [9.17, 15) is 4.79 Å². The average Bonchev–Trinajstić information content (AvgIpc) is 2.79. The van der Waals surface area contributed by atoms with Crippen LogP contribution in [-0.2, 0) is 4.79 Å². The maximum absolute atomic E-state index is 11.9. The molecule has 4 nitrogen and oxygen atoms in total. The van der Waals surface area contributed by atoms with Crippen molar-refractivity contribution in [2.45, 2.75) is 11.2 Å². The molecule has 1 unspecified atom stereocenters. The second-order valence-corrected chi connectivity index (χ2v) is 6.77. The Kier molecular flexibility index (Phi) is 3.85. The van der Waals surface area contributed by atoms with Crippen LogP contribution in [0.25, 0.3) is 11.3 Å². The molecule has 0 N–H and O–H groups in total. The van der Waals surface area contributed by atoms with Gasteiger partial charge >= 0.3 is 0 Å². The summed E-state index contributed by atoms with van der Waals surface area (Å²) in [5.41, 5.74) is 1.81. The molecular formula is C14H11Br2N3O. The summed E-state index contributed by atoms with van der Waals surface area (Å²) in [4.78, 5) is 22.4. The summed E-state index contributed by atoms with van der Waals surface area (Å²) in [6.45, 7) is 0.614. The van der Waals surface area contributed by atoms with Crippen molar-refractivity contribution >= 4 is 43.7 Å². The van der Waals surface area contributed by atoms with Gasteiger partial charge in [-0.15, -0.1) is 0 Å². The van der Waals surface area contributed by atoms with Crippen LogP contribution in [0.15, 0.2) is 41.0 Å². The summed E-state index contributed by atoms with van der Waals surface area (Å²) in [6, 6.07) is 9.74. The van der Waals surface area contributed by atoms with Gasteiger partial charge in [-0.1, -0.05) is 44.0 Å². The molecule has 0 saturated carbocycles. The fraction of sp³-hybridized carbons (Fsp3) is 0.214. The number of hydrogen-bond acceptors (Lipinski definition) is 3. The van der Waals surface area contributed by atoms with E-state index in [-0.39, 0.29) is 10.7 Å². The number of alkyl halides is 1. The number of nitrogens with zero attached hydrogens (tertiary/aromatic N) is 3. The Morgan fingerprint density at radius 3 is 2.60 bits per heavy atom. The number of carbonyl (C=O) groups excluding carboxylic acids is 1. The largest absolute Gasteiger partial charge is 0.280 e. The van der Waals surface area contributed by atoms with Gasteiger partial charge in [-0.2, -0.15) is 0 Å². The number of anilines is 1. The molecule has 1 fully saturated rings. The molecule has 0 aliphatic carbocycles. The van der Waals surface area contributed by atoms with Crippen LogP contribution in [0.1, 0.15) is 6.42 Å². The minimum atomic E-state index is 0.0554. The molecule has 1 amide bonds. The van der Waals surface area contributed by atoms with E-state index in [0.29, 0.717) is 18.9 Å². The lowest BCUT2D eigenvalue weighted by molar-refractivity contribution is -0.117. The molecule has 0 radical (unpaired) electrons. The van der Waals surface area contributed by atoms with Crippen LogP contribution in [0.5, 0.6) is 0 Å². The number of carbonyl (C=O) groups is 1. The average molecular weight is 397 g/mol. The van der Waals surface area contributed by atoms with Crippen molar-refractivity contribution in [3.63, 3.8) is 0 Å². The summed E-state index contributed by atoms with van der Waals surface area (Å²) >= 11 is 6.87. The van der Waals surface area contributed by atoms with Gasteiger partial charge in [0.25, 0.3) is 0 Å². The molecule has 0 spiro atoms. The summed E-state index contributed by atoms with van der Waals surface area (Å²) < 4.78 is 1.02. The zero-order valence-electron chi connectivity index (χ0n) is 10.5. The number of hydrogen-bond donors (Lipinski definition) is 0. The lowest BCUT2D eigenvalue weighted by Gasteiger charge is -2.14. The molecule has 1 aromatic carbocycles. The highest BCUT2D eigenvalue weighted by Gasteiger charge is 2.30. The van der Waals surface area contributed by atoms with E-state index >= 15 is 0 Å². The van der Waals surface area contributed by atoms with Crippen molar-refractivity contribution in [2.75, 3.05) is 11.4 Å². The third kappa shape index (κ3) is 2.76. The quantitative estimate of drug-likeness (QED) is 0.730. The summed E-state index contributed by atoms with van der Waals surface area (Å²) in [6.07, 6.45) is 2.18. The van der Waals surface area contributed by atoms with E-state index in [2.05, 4.69) is 41.8 Å². The van der Waals surface area contributed by atoms with Crippen molar-refractivity contribution in [2.24, 2.45) is 0 Å². The number of amides is 1. The van der Waals surface area contributed by atoms with Crippen LogP contribution in [0.2, 0.25) is 0 Å². The molecule has 1 aliphatic heterocycles. The minimum absolute atomic E-state index is 0.0554. The summed E-state index contributed by atoms with van der Waals surface area (Å²) in [5, 5.41) is 0. The molecule has 102 valence electrons. The smallest absolute Gasteiger partial charge is 0.232 e. The Bertz CT molecular complexity index is 645. The van der Waals surface area contributed by atoms with E-state index in [0.717, 1.165) is 15.7 Å². The molecule has 1 aliphatic rings. The highest BCUT2D eigenvalue weighted by atomic mass is 79.9. The Labute approximate surface area is 133 Å². The third-order valence-corrected chi connectivity index (χ3v) is 4.24. The van der Waals surface area contributed by atoms with E-state index in [4.69, 9.17) is 0 Å². The van der Waals surface area contributed by atoms with Gasteiger partial charge < -0.3 is 0 Å². The predicted octanol–water partition coefficient (Wildman–Crippen LogP) is 3.41. The van der Waals surface area contributed by atoms with Gasteiger partial charge in [-0.3, -0.25) is 9.69 Å². The molecule has 1 aromatic heterocycles. The zero-order chi connectivity index (χ0) is 14.1. The van der Waals surface area contributed by atoms with Crippen LogP contribution in [0.3, 0.4) is 0 Å². The second-order valence-electron chi connectivity index (χ2n) is 4.55. The first-order valence-electron chi connectivity index (χ1n) is 6.17. The standard InChI is InChI=1S/C14H11Br2N3O/c15-10-3-1-9(2-4-10)12-5-6-17-14(18-12)19-8-11(16)7-13(19)20/h1-6,11H,7-8H2. The molecule has 1 atom stereocenters. The normalized spacial score (nSPS) is 18.6. The van der Waals surface area contributed by atoms with Gasteiger partial charge in [0.2, 0.25) is 11.9 Å². The van der Waals surface area contributed by atoms with Crippen LogP contribution < -0.4 is 4.90 Å². The monoisotopic (exact) mass is 395 g/mol. The molecule has 6 heteroatoms. The number of rotatable bonds is 2. The zero-order valence-corrected chi connectivity index (χ0v) is 13.6. The number of aromatic nitrogens is 2. The van der Waals surface area contributed by atoms with Crippen LogP contribution in [0.4, 0.5) is 5.95 Å². The number of benzene rings is 1. The van der Waals surface area contributed by atoms with Crippen LogP contribution >= 0.6 is 31.9 Å². The van der Waals surface area contributed by atoms with Crippen molar-refractivity contribution < 1.29 is 4.79 Å². The van der Waals surface area contributed by atoms with E-state index < -0.39 is 0 Å². The Morgan fingerprint density at radius 1 is 1.20 bits per heavy atom. The molecule has 1 saturated heterocycles. The highest BCUT2D eigenvalue weighted by Crippen LogP contribution is 2.25. The summed E-state index contributed by atoms with van der Waals surface area (Å²) in [7, 11) is 0. The fourth-order valence-electron chi connectivity index (χ4n) is 2.12. The van der Waals surface area contributed by atoms with E-state index in [1.807, 2.05) is 30.3 Å². The first kappa shape index (κ1) is 13.7.